The van der Waals surface area contributed by atoms with Crippen LogP contribution in [0.4, 0.5) is 0 Å². The Bertz CT molecular complexity index is 4840. The van der Waals surface area contributed by atoms with E-state index in [1.54, 1.807) is 0 Å². The smallest absolute Gasteiger partial charge is 0.0641 e. The van der Waals surface area contributed by atoms with Crippen molar-refractivity contribution in [3.8, 4) is 22.7 Å². The first kappa shape index (κ1) is 38.9. The van der Waals surface area contributed by atoms with Crippen LogP contribution >= 0.6 is 22.7 Å². The normalized spacial score (nSPS) is 12.4. The van der Waals surface area contributed by atoms with Gasteiger partial charge in [-0.3, -0.25) is 0 Å². The molecule has 17 rings (SSSR count). The molecule has 11 aromatic carbocycles. The van der Waals surface area contributed by atoms with Gasteiger partial charge in [-0.05, 0) is 109 Å². The second-order valence-electron chi connectivity index (χ2n) is 19.2. The summed E-state index contributed by atoms with van der Waals surface area (Å²) in [6.07, 6.45) is 0. The lowest BCUT2D eigenvalue weighted by Gasteiger charge is -2.13. The van der Waals surface area contributed by atoms with Crippen molar-refractivity contribution in [1.82, 2.24) is 18.3 Å². The number of aromatic nitrogens is 4. The largest absolute Gasteiger partial charge is 0.309 e. The summed E-state index contributed by atoms with van der Waals surface area (Å²) in [5.74, 6) is 0. The second-order valence-corrected chi connectivity index (χ2v) is 21.4. The molecule has 6 heteroatoms. The lowest BCUT2D eigenvalue weighted by Crippen LogP contribution is -1.98. The highest BCUT2D eigenvalue weighted by molar-refractivity contribution is 7.26. The molecule has 334 valence electrons. The lowest BCUT2D eigenvalue weighted by atomic mass is 10.1. The number of para-hydroxylation sites is 4. The van der Waals surface area contributed by atoms with Gasteiger partial charge in [0, 0.05) is 106 Å². The van der Waals surface area contributed by atoms with E-state index in [9.17, 15) is 0 Å². The summed E-state index contributed by atoms with van der Waals surface area (Å²) < 4.78 is 15.2. The van der Waals surface area contributed by atoms with Crippen LogP contribution in [0.2, 0.25) is 0 Å². The highest BCUT2D eigenvalue weighted by atomic mass is 32.1. The molecule has 17 aromatic rings. The minimum Gasteiger partial charge on any atom is -0.309 e. The van der Waals surface area contributed by atoms with E-state index in [2.05, 4.69) is 249 Å². The van der Waals surface area contributed by atoms with Gasteiger partial charge in [0.2, 0.25) is 0 Å². The first-order valence-electron chi connectivity index (χ1n) is 24.6. The molecular formula is C66H38N4S2. The lowest BCUT2D eigenvalue weighted by molar-refractivity contribution is 1.15. The molecule has 0 unspecified atom stereocenters. The van der Waals surface area contributed by atoms with Gasteiger partial charge in [-0.15, -0.1) is 22.7 Å². The molecule has 0 aliphatic heterocycles. The Balaban J connectivity index is 0.895. The van der Waals surface area contributed by atoms with Crippen molar-refractivity contribution in [3.63, 3.8) is 0 Å². The van der Waals surface area contributed by atoms with Crippen LogP contribution in [0.15, 0.2) is 231 Å². The first-order chi connectivity index (χ1) is 35.7. The van der Waals surface area contributed by atoms with E-state index < -0.39 is 0 Å². The molecule has 0 bridgehead atoms. The summed E-state index contributed by atoms with van der Waals surface area (Å²) in [6.45, 7) is 0. The zero-order valence-electron chi connectivity index (χ0n) is 38.5. The molecule has 0 amide bonds. The molecule has 0 fully saturated rings. The maximum Gasteiger partial charge on any atom is 0.0641 e. The number of hydrogen-bond donors (Lipinski definition) is 0. The van der Waals surface area contributed by atoms with Gasteiger partial charge in [0.1, 0.15) is 0 Å². The zero-order valence-corrected chi connectivity index (χ0v) is 40.2. The summed E-state index contributed by atoms with van der Waals surface area (Å²) in [7, 11) is 0. The van der Waals surface area contributed by atoms with Gasteiger partial charge in [0.05, 0.1) is 44.1 Å². The van der Waals surface area contributed by atoms with Crippen LogP contribution in [-0.4, -0.2) is 18.3 Å². The Kier molecular flexibility index (Phi) is 7.73. The van der Waals surface area contributed by atoms with Crippen LogP contribution in [0.5, 0.6) is 0 Å². The maximum atomic E-state index is 2.51. The van der Waals surface area contributed by atoms with Crippen LogP contribution in [0.1, 0.15) is 0 Å². The van der Waals surface area contributed by atoms with Crippen LogP contribution in [0.25, 0.3) is 150 Å². The van der Waals surface area contributed by atoms with Crippen molar-refractivity contribution in [2.75, 3.05) is 0 Å². The fourth-order valence-electron chi connectivity index (χ4n) is 12.6. The standard InChI is InChI=1S/C66H38N4S2/c1-7-19-53-43(13-1)47-31-33-57-63(49-17-3-9-21-55(49)67(57)41-29-35-61-51(37-41)45-15-5-11-23-59(45)71-61)65(47)69(53)39-25-27-40(28-26-39)70-54-20-8-2-14-44(54)48-32-34-58-64(66(48)70)50-18-4-10-22-56(50)68(58)42-30-36-62-52(38-42)46-16-6-12-24-60(46)72-62/h1-38H. The molecule has 0 spiro atoms. The molecule has 6 aromatic heterocycles. The van der Waals surface area contributed by atoms with Crippen LogP contribution < -0.4 is 0 Å². The summed E-state index contributed by atoms with van der Waals surface area (Å²) in [5.41, 5.74) is 14.2. The zero-order chi connectivity index (χ0) is 46.8. The third-order valence-electron chi connectivity index (χ3n) is 15.5. The maximum absolute atomic E-state index is 2.51. The predicted octanol–water partition coefficient (Wildman–Crippen LogP) is 18.8. The number of nitrogens with zero attached hydrogens (tertiary/aromatic N) is 4. The van der Waals surface area contributed by atoms with Crippen LogP contribution in [0, 0.1) is 0 Å². The van der Waals surface area contributed by atoms with Gasteiger partial charge >= 0.3 is 0 Å². The third-order valence-corrected chi connectivity index (χ3v) is 17.8. The fraction of sp³-hybridized carbons (Fsp3) is 0. The Morgan fingerprint density at radius 3 is 0.972 bits per heavy atom. The highest BCUT2D eigenvalue weighted by Gasteiger charge is 2.24. The van der Waals surface area contributed by atoms with E-state index in [1.807, 2.05) is 22.7 Å². The molecular weight excluding hydrogens is 913 g/mol. The van der Waals surface area contributed by atoms with E-state index in [-0.39, 0.29) is 0 Å². The topological polar surface area (TPSA) is 19.7 Å². The predicted molar refractivity (Wildman–Crippen MR) is 310 cm³/mol. The van der Waals surface area contributed by atoms with Crippen LogP contribution in [0.3, 0.4) is 0 Å². The van der Waals surface area contributed by atoms with Gasteiger partial charge in [-0.1, -0.05) is 121 Å². The van der Waals surface area contributed by atoms with Crippen molar-refractivity contribution in [3.05, 3.63) is 231 Å². The average Bonchev–Trinajstić information content (AvgIpc) is 4.28. The minimum absolute atomic E-state index is 1.12. The van der Waals surface area contributed by atoms with Gasteiger partial charge in [0.25, 0.3) is 0 Å². The SMILES string of the molecule is c1ccc2c(c1)sc1ccc(-n3c4ccccc4c4c3ccc3c5ccccc5n(-c5ccc(-n6c7ccccc7c7ccc8c(c9ccccc9n8-c8ccc9sc%10ccccc%10c9c8)c76)cc5)c34)cc12. The van der Waals surface area contributed by atoms with Crippen molar-refractivity contribution in [2.24, 2.45) is 0 Å². The first-order valence-corrected chi connectivity index (χ1v) is 26.2. The summed E-state index contributed by atoms with van der Waals surface area (Å²) in [4.78, 5) is 0. The van der Waals surface area contributed by atoms with Gasteiger partial charge in [-0.25, -0.2) is 0 Å². The minimum atomic E-state index is 1.12. The van der Waals surface area contributed by atoms with E-state index in [1.165, 1.54) is 139 Å². The molecule has 0 aliphatic carbocycles. The van der Waals surface area contributed by atoms with E-state index >= 15 is 0 Å². The molecule has 0 saturated heterocycles. The Morgan fingerprint density at radius 2 is 0.542 bits per heavy atom. The number of hydrogen-bond acceptors (Lipinski definition) is 2. The van der Waals surface area contributed by atoms with Crippen LogP contribution in [-0.2, 0) is 0 Å². The van der Waals surface area contributed by atoms with Crippen molar-refractivity contribution in [1.29, 1.82) is 0 Å². The van der Waals surface area contributed by atoms with Crippen molar-refractivity contribution < 1.29 is 0 Å². The summed E-state index contributed by atoms with van der Waals surface area (Å²) >= 11 is 3.73. The third kappa shape index (κ3) is 5.14. The van der Waals surface area contributed by atoms with Crippen molar-refractivity contribution >= 4 is 150 Å². The van der Waals surface area contributed by atoms with Gasteiger partial charge < -0.3 is 18.3 Å². The number of thiophene rings is 2. The summed E-state index contributed by atoms with van der Waals surface area (Å²) in [6, 6.07) is 86.0. The Morgan fingerprint density at radius 1 is 0.208 bits per heavy atom. The Labute approximate surface area is 419 Å². The number of rotatable bonds is 4. The average molecular weight is 951 g/mol. The Hall–Kier alpha value is -8.94. The molecule has 0 aliphatic rings. The number of benzene rings is 11. The van der Waals surface area contributed by atoms with E-state index in [0.29, 0.717) is 0 Å². The van der Waals surface area contributed by atoms with E-state index in [4.69, 9.17) is 0 Å². The number of fused-ring (bicyclic) bond motifs is 20. The van der Waals surface area contributed by atoms with Gasteiger partial charge in [-0.2, -0.15) is 0 Å². The molecule has 0 saturated carbocycles. The second kappa shape index (κ2) is 14.3. The quantitative estimate of drug-likeness (QED) is 0.168. The highest BCUT2D eigenvalue weighted by Crippen LogP contribution is 2.46. The summed E-state index contributed by atoms with van der Waals surface area (Å²) in [5, 5.41) is 15.2. The molecule has 4 nitrogen and oxygen atoms in total. The molecule has 6 heterocycles. The molecule has 0 atom stereocenters. The van der Waals surface area contributed by atoms with E-state index in [0.717, 1.165) is 11.4 Å². The molecule has 0 radical (unpaired) electrons. The molecule has 72 heavy (non-hydrogen) atoms. The van der Waals surface area contributed by atoms with Gasteiger partial charge in [0.15, 0.2) is 0 Å². The molecule has 0 N–H and O–H groups in total. The van der Waals surface area contributed by atoms with Crippen molar-refractivity contribution in [2.45, 2.75) is 0 Å². The fourth-order valence-corrected chi connectivity index (χ4v) is 14.7. The monoisotopic (exact) mass is 950 g/mol.